The molecule has 0 aromatic carbocycles. The molecule has 2 nitrogen and oxygen atoms in total. The summed E-state index contributed by atoms with van der Waals surface area (Å²) in [5.74, 6) is 3.79. The van der Waals surface area contributed by atoms with Crippen molar-refractivity contribution in [1.82, 2.24) is 5.32 Å². The molecule has 136 valence electrons. The fourth-order valence-corrected chi connectivity index (χ4v) is 8.12. The first-order chi connectivity index (χ1) is 12.2. The molecule has 5 aliphatic rings. The first-order valence-electron chi connectivity index (χ1n) is 10.5. The molecule has 5 fully saturated rings. The smallest absolute Gasteiger partial charge is 0.221 e. The van der Waals surface area contributed by atoms with Crippen LogP contribution in [-0.2, 0) is 4.79 Å². The highest BCUT2D eigenvalue weighted by atomic mass is 32.1. The predicted octanol–water partition coefficient (Wildman–Crippen LogP) is 5.70. The van der Waals surface area contributed by atoms with Crippen LogP contribution in [-0.4, -0.2) is 5.91 Å². The molecule has 6 rings (SSSR count). The maximum absolute atomic E-state index is 13.1. The summed E-state index contributed by atoms with van der Waals surface area (Å²) < 4.78 is 0. The third-order valence-electron chi connectivity index (χ3n) is 7.74. The van der Waals surface area contributed by atoms with Crippen molar-refractivity contribution in [2.24, 2.45) is 29.1 Å². The molecule has 1 amide bonds. The van der Waals surface area contributed by atoms with Gasteiger partial charge in [0.1, 0.15) is 0 Å². The number of rotatable bonds is 5. The number of carbonyl (C=O) groups excluding carboxylic acids is 1. The van der Waals surface area contributed by atoms with Crippen LogP contribution in [0.5, 0.6) is 0 Å². The lowest BCUT2D eigenvalue weighted by Crippen LogP contribution is -2.48. The molecule has 0 saturated heterocycles. The summed E-state index contributed by atoms with van der Waals surface area (Å²) >= 11 is 1.82. The zero-order valence-corrected chi connectivity index (χ0v) is 16.0. The van der Waals surface area contributed by atoms with Crippen LogP contribution >= 0.6 is 11.3 Å². The summed E-state index contributed by atoms with van der Waals surface area (Å²) in [5.41, 5.74) is 0.356. The zero-order chi connectivity index (χ0) is 16.9. The molecule has 1 unspecified atom stereocenters. The minimum atomic E-state index is 0.268. The Morgan fingerprint density at radius 3 is 2.32 bits per heavy atom. The number of carbonyl (C=O) groups is 1. The number of thiophene rings is 1. The van der Waals surface area contributed by atoms with Crippen LogP contribution in [0.1, 0.15) is 81.5 Å². The Morgan fingerprint density at radius 1 is 1.12 bits per heavy atom. The van der Waals surface area contributed by atoms with Crippen LogP contribution in [0.25, 0.3) is 0 Å². The molecule has 1 heterocycles. The van der Waals surface area contributed by atoms with E-state index in [-0.39, 0.29) is 6.04 Å². The maximum Gasteiger partial charge on any atom is 0.221 e. The van der Waals surface area contributed by atoms with Crippen molar-refractivity contribution in [2.45, 2.75) is 76.7 Å². The van der Waals surface area contributed by atoms with E-state index in [0.717, 1.165) is 24.2 Å². The normalized spacial score (nSPS) is 38.2. The topological polar surface area (TPSA) is 29.1 Å². The van der Waals surface area contributed by atoms with Gasteiger partial charge in [-0.15, -0.1) is 11.3 Å². The van der Waals surface area contributed by atoms with Gasteiger partial charge < -0.3 is 5.32 Å². The quantitative estimate of drug-likeness (QED) is 0.719. The molecule has 25 heavy (non-hydrogen) atoms. The number of hydrogen-bond acceptors (Lipinski definition) is 2. The Balaban J connectivity index is 1.29. The standard InChI is InChI=1S/C22H31NOS/c24-20(14-22-11-15-8-16(12-22)10-17(9-15)13-22)23-21(18-4-1-2-5-18)19-6-3-7-25-19/h3,6-7,15-18,21H,1-2,4-5,8-14H2,(H,23,24). The second kappa shape index (κ2) is 6.40. The van der Waals surface area contributed by atoms with Crippen LogP contribution < -0.4 is 5.32 Å². The molecule has 4 bridgehead atoms. The van der Waals surface area contributed by atoms with Crippen molar-refractivity contribution in [3.05, 3.63) is 22.4 Å². The van der Waals surface area contributed by atoms with E-state index in [1.807, 2.05) is 11.3 Å². The Labute approximate surface area is 155 Å². The highest BCUT2D eigenvalue weighted by Gasteiger charge is 2.51. The number of amides is 1. The lowest BCUT2D eigenvalue weighted by atomic mass is 9.49. The second-order valence-electron chi connectivity index (χ2n) is 9.70. The summed E-state index contributed by atoms with van der Waals surface area (Å²) in [6.45, 7) is 0. The Bertz CT molecular complexity index is 581. The minimum Gasteiger partial charge on any atom is -0.348 e. The van der Waals surface area contributed by atoms with Crippen LogP contribution in [0.4, 0.5) is 0 Å². The van der Waals surface area contributed by atoms with Crippen LogP contribution in [0.15, 0.2) is 17.5 Å². The largest absolute Gasteiger partial charge is 0.348 e. The molecular formula is C22H31NOS. The van der Waals surface area contributed by atoms with Gasteiger partial charge in [-0.1, -0.05) is 18.9 Å². The lowest BCUT2D eigenvalue weighted by Gasteiger charge is -2.56. The first-order valence-corrected chi connectivity index (χ1v) is 11.4. The highest BCUT2D eigenvalue weighted by molar-refractivity contribution is 7.10. The Kier molecular flexibility index (Phi) is 4.19. The average Bonchev–Trinajstić information content (AvgIpc) is 3.25. The van der Waals surface area contributed by atoms with Crippen LogP contribution in [0.2, 0.25) is 0 Å². The average molecular weight is 358 g/mol. The molecule has 0 spiro atoms. The van der Waals surface area contributed by atoms with Crippen molar-refractivity contribution >= 4 is 17.2 Å². The van der Waals surface area contributed by atoms with E-state index < -0.39 is 0 Å². The van der Waals surface area contributed by atoms with E-state index in [9.17, 15) is 4.79 Å². The summed E-state index contributed by atoms with van der Waals surface area (Å²) in [6.07, 6.45) is 14.4. The van der Waals surface area contributed by atoms with Gasteiger partial charge in [-0.25, -0.2) is 0 Å². The maximum atomic E-state index is 13.1. The first kappa shape index (κ1) is 16.4. The van der Waals surface area contributed by atoms with E-state index in [2.05, 4.69) is 22.8 Å². The van der Waals surface area contributed by atoms with Gasteiger partial charge in [0.2, 0.25) is 5.91 Å². The van der Waals surface area contributed by atoms with Gasteiger partial charge in [0, 0.05) is 11.3 Å². The van der Waals surface area contributed by atoms with Gasteiger partial charge >= 0.3 is 0 Å². The Hall–Kier alpha value is -0.830. The van der Waals surface area contributed by atoms with Crippen molar-refractivity contribution in [3.8, 4) is 0 Å². The molecular weight excluding hydrogens is 326 g/mol. The van der Waals surface area contributed by atoms with Crippen molar-refractivity contribution in [3.63, 3.8) is 0 Å². The summed E-state index contributed by atoms with van der Waals surface area (Å²) in [4.78, 5) is 14.4. The van der Waals surface area contributed by atoms with Gasteiger partial charge in [0.25, 0.3) is 0 Å². The second-order valence-corrected chi connectivity index (χ2v) is 10.7. The van der Waals surface area contributed by atoms with E-state index in [0.29, 0.717) is 17.2 Å². The molecule has 0 radical (unpaired) electrons. The van der Waals surface area contributed by atoms with E-state index in [1.165, 1.54) is 69.1 Å². The SMILES string of the molecule is O=C(CC12CC3CC(CC(C3)C1)C2)NC(c1cccs1)C1CCCC1. The fourth-order valence-electron chi connectivity index (χ4n) is 7.25. The van der Waals surface area contributed by atoms with E-state index >= 15 is 0 Å². The third kappa shape index (κ3) is 3.18. The van der Waals surface area contributed by atoms with Crippen molar-refractivity contribution in [1.29, 1.82) is 0 Å². The van der Waals surface area contributed by atoms with Gasteiger partial charge in [0.15, 0.2) is 0 Å². The van der Waals surface area contributed by atoms with Crippen LogP contribution in [0.3, 0.4) is 0 Å². The molecule has 1 aromatic rings. The van der Waals surface area contributed by atoms with Crippen LogP contribution in [0, 0.1) is 29.1 Å². The van der Waals surface area contributed by atoms with Gasteiger partial charge in [-0.3, -0.25) is 4.79 Å². The monoisotopic (exact) mass is 357 g/mol. The number of hydrogen-bond donors (Lipinski definition) is 1. The molecule has 5 aliphatic carbocycles. The van der Waals surface area contributed by atoms with E-state index in [4.69, 9.17) is 0 Å². The molecule has 0 aliphatic heterocycles. The molecule has 1 aromatic heterocycles. The lowest BCUT2D eigenvalue weighted by molar-refractivity contribution is -0.130. The fraction of sp³-hybridized carbons (Fsp3) is 0.773. The molecule has 1 N–H and O–H groups in total. The predicted molar refractivity (Wildman–Crippen MR) is 102 cm³/mol. The minimum absolute atomic E-state index is 0.268. The number of nitrogens with one attached hydrogen (secondary N) is 1. The van der Waals surface area contributed by atoms with Crippen molar-refractivity contribution in [2.75, 3.05) is 0 Å². The van der Waals surface area contributed by atoms with Gasteiger partial charge in [-0.05, 0) is 91.9 Å². The van der Waals surface area contributed by atoms with Gasteiger partial charge in [-0.2, -0.15) is 0 Å². The molecule has 5 saturated carbocycles. The van der Waals surface area contributed by atoms with Crippen molar-refractivity contribution < 1.29 is 4.79 Å². The van der Waals surface area contributed by atoms with E-state index in [1.54, 1.807) is 0 Å². The summed E-state index contributed by atoms with van der Waals surface area (Å²) in [6, 6.07) is 4.62. The summed E-state index contributed by atoms with van der Waals surface area (Å²) in [5, 5.41) is 5.66. The Morgan fingerprint density at radius 2 is 1.76 bits per heavy atom. The third-order valence-corrected chi connectivity index (χ3v) is 8.69. The zero-order valence-electron chi connectivity index (χ0n) is 15.2. The molecule has 1 atom stereocenters. The van der Waals surface area contributed by atoms with Gasteiger partial charge in [0.05, 0.1) is 6.04 Å². The summed E-state index contributed by atoms with van der Waals surface area (Å²) in [7, 11) is 0. The highest BCUT2D eigenvalue weighted by Crippen LogP contribution is 2.61. The molecule has 3 heteroatoms.